The maximum atomic E-state index is 5.59. The van der Waals surface area contributed by atoms with Gasteiger partial charge in [0, 0.05) is 68.2 Å². The normalized spacial score (nSPS) is 11.2. The maximum absolute atomic E-state index is 5.59. The Hall–Kier alpha value is -14.0. The van der Waals surface area contributed by atoms with Crippen LogP contribution in [0.3, 0.4) is 0 Å². The van der Waals surface area contributed by atoms with Crippen LogP contribution in [0.5, 0.6) is 23.0 Å². The predicted octanol–water partition coefficient (Wildman–Crippen LogP) is 24.9. The molecule has 0 heterocycles. The number of rotatable bonds is 24. The van der Waals surface area contributed by atoms with Gasteiger partial charge in [-0.3, -0.25) is 0 Å². The summed E-state index contributed by atoms with van der Waals surface area (Å²) in [5, 5.41) is 0. The Labute approximate surface area is 664 Å². The summed E-state index contributed by atoms with van der Waals surface area (Å²) in [5.74, 6) is 3.21. The molecule has 9 heteroatoms. The fourth-order valence-corrected chi connectivity index (χ4v) is 15.7. The minimum absolute atomic E-state index is 0.796. The molecule has 8 nitrogen and oxygen atoms in total. The third-order valence-corrected chi connectivity index (χ3v) is 22.0. The van der Waals surface area contributed by atoms with E-state index in [4.69, 9.17) is 18.9 Å². The van der Waals surface area contributed by atoms with E-state index in [0.29, 0.717) is 0 Å². The van der Waals surface area contributed by atoms with Crippen LogP contribution in [0.2, 0.25) is 0 Å². The maximum Gasteiger partial charge on any atom is 0.119 e. The van der Waals surface area contributed by atoms with Gasteiger partial charge in [-0.25, -0.2) is 0 Å². The SMILES string of the molecule is COc1ccc(N(c2ccc(C)cc2)c2ccc(-c3ccc([B-](c4ccc(-c5ccc(N(c6ccc(C)cc6)c6ccc(C)cc6)cc5)cc4)(c4ccc(-c5ccc(N(c6ccc(C)cc6)c6ccc(OC)cc6)cc5)cc4)c4ccc(-c5ccc(N(c6ccc(OC)cc6)c6ccc(OC)cc6)cc5)cc4)cc3)cc2)cc1. The second kappa shape index (κ2) is 32.7. The van der Waals surface area contributed by atoms with Gasteiger partial charge >= 0.3 is 0 Å². The predicted molar refractivity (Wildman–Crippen MR) is 476 cm³/mol. The average Bonchev–Trinajstić information content (AvgIpc) is 0.726. The highest BCUT2D eigenvalue weighted by molar-refractivity contribution is 7.20. The number of ether oxygens (including phenoxy) is 4. The summed E-state index contributed by atoms with van der Waals surface area (Å²) in [6.07, 6.45) is -1.95. The van der Waals surface area contributed by atoms with Crippen molar-refractivity contribution in [1.29, 1.82) is 0 Å². The van der Waals surface area contributed by atoms with Gasteiger partial charge < -0.3 is 38.5 Å². The Bertz CT molecular complexity index is 5550. The van der Waals surface area contributed by atoms with Gasteiger partial charge in [-0.2, -0.15) is 21.9 Å². The van der Waals surface area contributed by atoms with Crippen LogP contribution in [-0.4, -0.2) is 34.6 Å². The highest BCUT2D eigenvalue weighted by Gasteiger charge is 2.33. The monoisotopic (exact) mass is 1470 g/mol. The smallest absolute Gasteiger partial charge is 0.119 e. The lowest BCUT2D eigenvalue weighted by Gasteiger charge is -2.44. The molecule has 16 aromatic rings. The summed E-state index contributed by atoms with van der Waals surface area (Å²) in [7, 11) is 6.80. The van der Waals surface area contributed by atoms with Gasteiger partial charge in [0.05, 0.1) is 28.4 Å². The van der Waals surface area contributed by atoms with Crippen LogP contribution >= 0.6 is 0 Å². The van der Waals surface area contributed by atoms with E-state index >= 15 is 0 Å². The first-order chi connectivity index (χ1) is 55.4. The van der Waals surface area contributed by atoms with Crippen LogP contribution in [-0.2, 0) is 0 Å². The lowest BCUT2D eigenvalue weighted by Crippen LogP contribution is -2.74. The minimum Gasteiger partial charge on any atom is -0.497 e. The molecule has 0 amide bonds. The van der Waals surface area contributed by atoms with Crippen molar-refractivity contribution in [2.75, 3.05) is 48.0 Å². The number of hydrogen-bond acceptors (Lipinski definition) is 8. The summed E-state index contributed by atoms with van der Waals surface area (Å²) >= 11 is 0. The zero-order valence-electron chi connectivity index (χ0n) is 64.9. The number of anilines is 12. The molecule has 0 aliphatic carbocycles. The molecule has 0 saturated carbocycles. The first-order valence-corrected chi connectivity index (χ1v) is 38.4. The van der Waals surface area contributed by atoms with E-state index in [9.17, 15) is 0 Å². The molecule has 0 radical (unpaired) electrons. The standard InChI is InChI=1S/C104H88BN4O4/c1-73-9-41-89(42-10-73)106(90-43-11-74(2)12-44-90)93-49-25-81(26-50-93)77-17-33-85(34-18-77)105(86-35-19-78(20-36-86)82-27-51-94(52-28-82)107(91-45-13-75(3)14-46-91)97-57-65-101(110-5)66-58-97,87-37-21-79(22-38-87)83-29-53-95(54-30-83)108(92-47-15-76(4)16-48-92)98-59-67-102(111-6)68-60-98)88-39-23-80(24-40-88)84-31-55-96(56-32-84)109(99-61-69-103(112-7)70-62-99)100-63-71-104(113-8)72-64-100/h9-72H,1-8H3/q-1. The fraction of sp³-hybridized carbons (Fsp3) is 0.0769. The number of nitrogens with zero attached hydrogens (tertiary/aromatic N) is 4. The van der Waals surface area contributed by atoms with Crippen LogP contribution in [0.15, 0.2) is 388 Å². The largest absolute Gasteiger partial charge is 0.497 e. The van der Waals surface area contributed by atoms with Gasteiger partial charge in [0.25, 0.3) is 0 Å². The number of methoxy groups -OCH3 is 4. The van der Waals surface area contributed by atoms with Gasteiger partial charge in [0.15, 0.2) is 0 Å². The molecule has 0 aliphatic rings. The highest BCUT2D eigenvalue weighted by atomic mass is 16.5. The molecule has 0 bridgehead atoms. The molecular weight excluding hydrogens is 1380 g/mol. The van der Waals surface area contributed by atoms with Gasteiger partial charge in [-0.15, -0.1) is 0 Å². The lowest BCUT2D eigenvalue weighted by molar-refractivity contribution is 0.414. The zero-order valence-corrected chi connectivity index (χ0v) is 64.9. The van der Waals surface area contributed by atoms with E-state index in [1.165, 1.54) is 44.1 Å². The average molecular weight is 1470 g/mol. The van der Waals surface area contributed by atoms with Crippen LogP contribution in [0.1, 0.15) is 22.3 Å². The molecule has 16 aromatic carbocycles. The van der Waals surface area contributed by atoms with Crippen molar-refractivity contribution in [3.8, 4) is 67.5 Å². The number of aryl methyl sites for hydroxylation is 4. The summed E-state index contributed by atoms with van der Waals surface area (Å²) < 4.78 is 22.4. The van der Waals surface area contributed by atoms with E-state index in [-0.39, 0.29) is 0 Å². The molecule has 0 unspecified atom stereocenters. The van der Waals surface area contributed by atoms with Crippen molar-refractivity contribution in [2.24, 2.45) is 0 Å². The molecule has 552 valence electrons. The van der Waals surface area contributed by atoms with Crippen LogP contribution < -0.4 is 60.4 Å². The van der Waals surface area contributed by atoms with E-state index in [0.717, 1.165) is 136 Å². The van der Waals surface area contributed by atoms with E-state index in [2.05, 4.69) is 387 Å². The quantitative estimate of drug-likeness (QED) is 0.0555. The Balaban J connectivity index is 0.816. The molecular formula is C104H88BN4O4-. The Kier molecular flexibility index (Phi) is 21.1. The summed E-state index contributed by atoms with van der Waals surface area (Å²) in [6.45, 7) is 8.52. The van der Waals surface area contributed by atoms with Gasteiger partial charge in [0.2, 0.25) is 0 Å². The van der Waals surface area contributed by atoms with Crippen LogP contribution in [0.25, 0.3) is 44.5 Å². The van der Waals surface area contributed by atoms with E-state index < -0.39 is 6.15 Å². The van der Waals surface area contributed by atoms with Gasteiger partial charge in [-0.05, 0) is 266 Å². The fourth-order valence-electron chi connectivity index (χ4n) is 15.7. The molecule has 16 rings (SSSR count). The third kappa shape index (κ3) is 15.4. The second-order valence-corrected chi connectivity index (χ2v) is 29.0. The highest BCUT2D eigenvalue weighted by Crippen LogP contribution is 2.42. The van der Waals surface area contributed by atoms with Crippen LogP contribution in [0, 0.1) is 27.7 Å². The molecule has 0 spiro atoms. The molecule has 0 aliphatic heterocycles. The van der Waals surface area contributed by atoms with E-state index in [1.54, 1.807) is 28.4 Å². The minimum atomic E-state index is -1.95. The molecule has 0 atom stereocenters. The Morgan fingerprint density at radius 3 is 0.398 bits per heavy atom. The molecule has 0 saturated heterocycles. The van der Waals surface area contributed by atoms with Crippen LogP contribution in [0.4, 0.5) is 68.2 Å². The van der Waals surface area contributed by atoms with Crippen molar-refractivity contribution in [2.45, 2.75) is 27.7 Å². The first-order valence-electron chi connectivity index (χ1n) is 38.4. The van der Waals surface area contributed by atoms with E-state index in [1.807, 2.05) is 48.5 Å². The lowest BCUT2D eigenvalue weighted by atomic mass is 9.13. The molecule has 0 fully saturated rings. The Morgan fingerprint density at radius 1 is 0.150 bits per heavy atom. The molecule has 113 heavy (non-hydrogen) atoms. The molecule has 0 N–H and O–H groups in total. The van der Waals surface area contributed by atoms with Crippen molar-refractivity contribution >= 4 is 96.2 Å². The van der Waals surface area contributed by atoms with Gasteiger partial charge in [-0.1, -0.05) is 216 Å². The third-order valence-electron chi connectivity index (χ3n) is 22.0. The summed E-state index contributed by atoms with van der Waals surface area (Å²) in [6, 6.07) is 141. The second-order valence-electron chi connectivity index (χ2n) is 29.0. The van der Waals surface area contributed by atoms with Crippen molar-refractivity contribution in [3.05, 3.63) is 411 Å². The summed E-state index contributed by atoms with van der Waals surface area (Å²) in [5.41, 5.74) is 31.1. The number of benzene rings is 16. The van der Waals surface area contributed by atoms with Gasteiger partial charge in [0.1, 0.15) is 29.1 Å². The number of hydrogen-bond donors (Lipinski definition) is 0. The first kappa shape index (κ1) is 73.1. The topological polar surface area (TPSA) is 49.9 Å². The van der Waals surface area contributed by atoms with Crippen molar-refractivity contribution in [1.82, 2.24) is 0 Å². The summed E-state index contributed by atoms with van der Waals surface area (Å²) in [4.78, 5) is 9.17. The molecule has 0 aromatic heterocycles. The van der Waals surface area contributed by atoms with Crippen molar-refractivity contribution in [3.63, 3.8) is 0 Å². The Morgan fingerprint density at radius 2 is 0.265 bits per heavy atom. The van der Waals surface area contributed by atoms with Crippen molar-refractivity contribution < 1.29 is 18.9 Å². The zero-order chi connectivity index (χ0) is 77.4.